The maximum Gasteiger partial charge on any atom is 0.203 e. The largest absolute Gasteiger partial charge is 0.504 e. The zero-order valence-corrected chi connectivity index (χ0v) is 10.8. The van der Waals surface area contributed by atoms with Gasteiger partial charge >= 0.3 is 0 Å². The van der Waals surface area contributed by atoms with Gasteiger partial charge in [-0.2, -0.15) is 5.10 Å². The van der Waals surface area contributed by atoms with Crippen LogP contribution in [0.15, 0.2) is 28.7 Å². The fourth-order valence-electron chi connectivity index (χ4n) is 1.30. The minimum atomic E-state index is -0.155. The third-order valence-corrected chi connectivity index (χ3v) is 2.90. The first-order valence-electron chi connectivity index (χ1n) is 5.31. The van der Waals surface area contributed by atoms with E-state index in [4.69, 9.17) is 0 Å². The normalized spacial score (nSPS) is 10.1. The molecule has 0 spiro atoms. The Labute approximate surface area is 108 Å². The molecule has 1 heterocycles. The lowest BCUT2D eigenvalue weighted by molar-refractivity contribution is 0.404. The number of nitrogens with one attached hydrogen (secondary N) is 1. The minimum absolute atomic E-state index is 0.140. The average Bonchev–Trinajstić information content (AvgIpc) is 2.79. The second-order valence-corrected chi connectivity index (χ2v) is 4.77. The van der Waals surface area contributed by atoms with E-state index in [2.05, 4.69) is 15.5 Å². The number of rotatable bonds is 3. The Bertz CT molecular complexity index is 589. The van der Waals surface area contributed by atoms with Crippen molar-refractivity contribution in [1.29, 1.82) is 0 Å². The highest BCUT2D eigenvalue weighted by Gasteiger charge is 2.07. The zero-order valence-electron chi connectivity index (χ0n) is 10.0. The Kier molecular flexibility index (Phi) is 3.47. The maximum atomic E-state index is 9.43. The summed E-state index contributed by atoms with van der Waals surface area (Å²) >= 11 is 1.42. The smallest absolute Gasteiger partial charge is 0.203 e. The lowest BCUT2D eigenvalue weighted by Gasteiger charge is -2.00. The number of hydrogen-bond acceptors (Lipinski definition) is 6. The standard InChI is InChI=1S/C12H13N3O2S/c1-7(2)14-15-12-13-9(6-18-12)8-3-4-10(16)11(17)5-8/h3-6,16-17H,1-2H3,(H,13,15). The highest BCUT2D eigenvalue weighted by atomic mass is 32.1. The summed E-state index contributed by atoms with van der Waals surface area (Å²) < 4.78 is 0. The van der Waals surface area contributed by atoms with Crippen LogP contribution in [-0.2, 0) is 0 Å². The second-order valence-electron chi connectivity index (χ2n) is 3.91. The monoisotopic (exact) mass is 263 g/mol. The summed E-state index contributed by atoms with van der Waals surface area (Å²) in [6, 6.07) is 4.61. The van der Waals surface area contributed by atoms with Gasteiger partial charge in [-0.05, 0) is 32.0 Å². The second kappa shape index (κ2) is 5.05. The number of nitrogens with zero attached hydrogens (tertiary/aromatic N) is 2. The average molecular weight is 263 g/mol. The summed E-state index contributed by atoms with van der Waals surface area (Å²) in [7, 11) is 0. The lowest BCUT2D eigenvalue weighted by atomic mass is 10.1. The molecule has 2 rings (SSSR count). The van der Waals surface area contributed by atoms with Gasteiger partial charge < -0.3 is 10.2 Å². The summed E-state index contributed by atoms with van der Waals surface area (Å²) in [6.07, 6.45) is 0. The summed E-state index contributed by atoms with van der Waals surface area (Å²) in [6.45, 7) is 3.78. The molecule has 0 aliphatic carbocycles. The number of anilines is 1. The minimum Gasteiger partial charge on any atom is -0.504 e. The quantitative estimate of drug-likeness (QED) is 0.452. The van der Waals surface area contributed by atoms with Gasteiger partial charge in [-0.15, -0.1) is 11.3 Å². The van der Waals surface area contributed by atoms with Crippen molar-refractivity contribution in [1.82, 2.24) is 4.98 Å². The number of phenols is 2. The number of aromatic hydroxyl groups is 2. The van der Waals surface area contributed by atoms with Crippen molar-refractivity contribution >= 4 is 22.2 Å². The molecule has 0 atom stereocenters. The zero-order chi connectivity index (χ0) is 13.1. The summed E-state index contributed by atoms with van der Waals surface area (Å²) in [4.78, 5) is 4.33. The van der Waals surface area contributed by atoms with Crippen molar-refractivity contribution in [2.24, 2.45) is 5.10 Å². The number of aromatic nitrogens is 1. The molecule has 0 bridgehead atoms. The number of benzene rings is 1. The predicted octanol–water partition coefficient (Wildman–Crippen LogP) is 3.03. The molecule has 0 amide bonds. The molecule has 5 nitrogen and oxygen atoms in total. The Morgan fingerprint density at radius 2 is 2.06 bits per heavy atom. The third-order valence-electron chi connectivity index (χ3n) is 2.15. The van der Waals surface area contributed by atoms with Gasteiger partial charge in [0, 0.05) is 16.7 Å². The van der Waals surface area contributed by atoms with E-state index in [9.17, 15) is 10.2 Å². The van der Waals surface area contributed by atoms with Gasteiger partial charge in [-0.1, -0.05) is 0 Å². The first-order valence-corrected chi connectivity index (χ1v) is 6.19. The SMILES string of the molecule is CC(C)=NNc1nc(-c2ccc(O)c(O)c2)cs1. The fourth-order valence-corrected chi connectivity index (χ4v) is 1.96. The van der Waals surface area contributed by atoms with Crippen LogP contribution < -0.4 is 5.43 Å². The van der Waals surface area contributed by atoms with Crippen LogP contribution >= 0.6 is 11.3 Å². The van der Waals surface area contributed by atoms with Crippen molar-refractivity contribution in [2.45, 2.75) is 13.8 Å². The first-order chi connectivity index (χ1) is 8.56. The van der Waals surface area contributed by atoms with E-state index >= 15 is 0 Å². The Morgan fingerprint density at radius 1 is 1.28 bits per heavy atom. The third kappa shape index (κ3) is 2.78. The molecule has 0 unspecified atom stereocenters. The highest BCUT2D eigenvalue weighted by molar-refractivity contribution is 7.14. The van der Waals surface area contributed by atoms with Gasteiger partial charge in [0.2, 0.25) is 5.13 Å². The maximum absolute atomic E-state index is 9.43. The summed E-state index contributed by atoms with van der Waals surface area (Å²) in [5.74, 6) is -0.295. The van der Waals surface area contributed by atoms with Gasteiger partial charge in [0.05, 0.1) is 5.69 Å². The molecule has 0 aliphatic heterocycles. The van der Waals surface area contributed by atoms with Crippen molar-refractivity contribution in [3.05, 3.63) is 23.6 Å². The van der Waals surface area contributed by atoms with Crippen molar-refractivity contribution < 1.29 is 10.2 Å². The van der Waals surface area contributed by atoms with Crippen LogP contribution in [0, 0.1) is 0 Å². The van der Waals surface area contributed by atoms with Gasteiger partial charge in [0.1, 0.15) is 0 Å². The van der Waals surface area contributed by atoms with Gasteiger partial charge in [-0.3, -0.25) is 5.43 Å². The molecule has 2 aromatic rings. The van der Waals surface area contributed by atoms with Gasteiger partial charge in [0.15, 0.2) is 11.5 Å². The molecule has 0 saturated heterocycles. The molecular weight excluding hydrogens is 250 g/mol. The van der Waals surface area contributed by atoms with Crippen LogP contribution in [0.25, 0.3) is 11.3 Å². The van der Waals surface area contributed by atoms with E-state index in [1.54, 1.807) is 6.07 Å². The van der Waals surface area contributed by atoms with Crippen LogP contribution in [0.5, 0.6) is 11.5 Å². The van der Waals surface area contributed by atoms with Crippen LogP contribution in [0.4, 0.5) is 5.13 Å². The molecule has 0 aliphatic rings. The number of hydrazone groups is 1. The summed E-state index contributed by atoms with van der Waals surface area (Å²) in [5, 5.41) is 25.3. The highest BCUT2D eigenvalue weighted by Crippen LogP contribution is 2.31. The molecule has 3 N–H and O–H groups in total. The molecule has 1 aromatic heterocycles. The van der Waals surface area contributed by atoms with E-state index in [1.807, 2.05) is 19.2 Å². The number of phenolic OH excluding ortho intramolecular Hbond substituents is 2. The molecular formula is C12H13N3O2S. The van der Waals surface area contributed by atoms with E-state index in [-0.39, 0.29) is 11.5 Å². The van der Waals surface area contributed by atoms with Crippen LogP contribution in [-0.4, -0.2) is 20.9 Å². The molecule has 0 saturated carbocycles. The van der Waals surface area contributed by atoms with E-state index in [1.165, 1.54) is 23.5 Å². The molecule has 1 aromatic carbocycles. The Hall–Kier alpha value is -2.08. The summed E-state index contributed by atoms with van der Waals surface area (Å²) in [5.41, 5.74) is 5.22. The molecule has 0 radical (unpaired) electrons. The van der Waals surface area contributed by atoms with Crippen molar-refractivity contribution in [3.8, 4) is 22.8 Å². The molecule has 18 heavy (non-hydrogen) atoms. The van der Waals surface area contributed by atoms with Gasteiger partial charge in [0.25, 0.3) is 0 Å². The molecule has 0 fully saturated rings. The molecule has 6 heteroatoms. The van der Waals surface area contributed by atoms with Crippen molar-refractivity contribution in [2.75, 3.05) is 5.43 Å². The van der Waals surface area contributed by atoms with Crippen LogP contribution in [0.2, 0.25) is 0 Å². The molecule has 94 valence electrons. The van der Waals surface area contributed by atoms with Gasteiger partial charge in [-0.25, -0.2) is 4.98 Å². The van der Waals surface area contributed by atoms with Crippen LogP contribution in [0.3, 0.4) is 0 Å². The fraction of sp³-hybridized carbons (Fsp3) is 0.167. The predicted molar refractivity (Wildman–Crippen MR) is 73.3 cm³/mol. The Balaban J connectivity index is 2.23. The van der Waals surface area contributed by atoms with E-state index in [0.29, 0.717) is 5.13 Å². The lowest BCUT2D eigenvalue weighted by Crippen LogP contribution is -1.92. The van der Waals surface area contributed by atoms with E-state index in [0.717, 1.165) is 17.0 Å². The topological polar surface area (TPSA) is 77.7 Å². The Morgan fingerprint density at radius 3 is 2.72 bits per heavy atom. The first kappa shape index (κ1) is 12.4. The number of hydrogen-bond donors (Lipinski definition) is 3. The van der Waals surface area contributed by atoms with Crippen molar-refractivity contribution in [3.63, 3.8) is 0 Å². The van der Waals surface area contributed by atoms with Crippen LogP contribution in [0.1, 0.15) is 13.8 Å². The van der Waals surface area contributed by atoms with E-state index < -0.39 is 0 Å². The number of thiazole rings is 1.